The van der Waals surface area contributed by atoms with Gasteiger partial charge >= 0.3 is 0 Å². The number of aldehydes is 2. The smallest absolute Gasteiger partial charge is 0.126 e. The first-order valence-corrected chi connectivity index (χ1v) is 10.3. The van der Waals surface area contributed by atoms with Gasteiger partial charge in [-0.25, -0.2) is 0 Å². The summed E-state index contributed by atoms with van der Waals surface area (Å²) >= 11 is 0. The van der Waals surface area contributed by atoms with Gasteiger partial charge in [0.05, 0.1) is 0 Å². The standard InChI is InChI=1S/C25H28O3/c1-25(17-27)13-11-22-21-10-8-20(28-16-18-5-3-2-4-6-18)15-19(21)7-9-23(22)24(25)12-14-26/h2-6,8,10,14-15,17,22-24H,7,9,11-13,16H2,1H3/t22-,23-,24+,25-/m1/s1. The molecule has 28 heavy (non-hydrogen) atoms. The highest BCUT2D eigenvalue weighted by Crippen LogP contribution is 2.55. The van der Waals surface area contributed by atoms with Crippen molar-refractivity contribution < 1.29 is 14.3 Å². The fourth-order valence-electron chi connectivity index (χ4n) is 5.43. The molecule has 0 aliphatic heterocycles. The Bertz CT molecular complexity index is 844. The number of fused-ring (bicyclic) bond motifs is 3. The number of hydrogen-bond donors (Lipinski definition) is 0. The first kappa shape index (κ1) is 18.9. The third-order valence-corrected chi connectivity index (χ3v) is 7.00. The lowest BCUT2D eigenvalue weighted by Gasteiger charge is -2.49. The lowest BCUT2D eigenvalue weighted by atomic mass is 9.54. The van der Waals surface area contributed by atoms with E-state index in [1.165, 1.54) is 11.1 Å². The van der Waals surface area contributed by atoms with E-state index in [9.17, 15) is 9.59 Å². The zero-order chi connectivity index (χ0) is 19.6. The SMILES string of the molecule is C[C@]1(C=O)CC[C@@H]2c3ccc(OCc4ccccc4)cc3CC[C@H]2[C@@H]1CC=O. The molecule has 4 atom stereocenters. The predicted octanol–water partition coefficient (Wildman–Crippen LogP) is 5.12. The van der Waals surface area contributed by atoms with E-state index in [1.807, 2.05) is 25.1 Å². The van der Waals surface area contributed by atoms with Crippen molar-refractivity contribution in [3.63, 3.8) is 0 Å². The summed E-state index contributed by atoms with van der Waals surface area (Å²) < 4.78 is 6.01. The number of carbonyl (C=O) groups excluding carboxylic acids is 2. The molecule has 0 aromatic heterocycles. The third-order valence-electron chi connectivity index (χ3n) is 7.00. The molecule has 0 unspecified atom stereocenters. The second-order valence-corrected chi connectivity index (χ2v) is 8.62. The van der Waals surface area contributed by atoms with Crippen LogP contribution in [0.1, 0.15) is 55.2 Å². The summed E-state index contributed by atoms with van der Waals surface area (Å²) in [7, 11) is 0. The second kappa shape index (κ2) is 7.90. The zero-order valence-electron chi connectivity index (χ0n) is 16.5. The van der Waals surface area contributed by atoms with E-state index in [0.29, 0.717) is 24.9 Å². The normalized spacial score (nSPS) is 28.7. The Morgan fingerprint density at radius 1 is 1.11 bits per heavy atom. The average Bonchev–Trinajstić information content (AvgIpc) is 2.74. The van der Waals surface area contributed by atoms with Gasteiger partial charge in [-0.15, -0.1) is 0 Å². The van der Waals surface area contributed by atoms with Crippen molar-refractivity contribution in [3.05, 3.63) is 65.2 Å². The molecule has 0 N–H and O–H groups in total. The van der Waals surface area contributed by atoms with Gasteiger partial charge < -0.3 is 14.3 Å². The summed E-state index contributed by atoms with van der Waals surface area (Å²) in [5, 5.41) is 0. The summed E-state index contributed by atoms with van der Waals surface area (Å²) in [5.41, 5.74) is 3.56. The number of aryl methyl sites for hydroxylation is 1. The van der Waals surface area contributed by atoms with Crippen molar-refractivity contribution in [2.24, 2.45) is 17.3 Å². The highest BCUT2D eigenvalue weighted by atomic mass is 16.5. The van der Waals surface area contributed by atoms with Gasteiger partial charge in [-0.3, -0.25) is 0 Å². The molecule has 0 amide bonds. The van der Waals surface area contributed by atoms with Crippen molar-refractivity contribution >= 4 is 12.6 Å². The molecular formula is C25H28O3. The first-order chi connectivity index (χ1) is 13.6. The van der Waals surface area contributed by atoms with Crippen LogP contribution in [0.5, 0.6) is 5.75 Å². The Balaban J connectivity index is 1.53. The van der Waals surface area contributed by atoms with Crippen LogP contribution in [0.25, 0.3) is 0 Å². The van der Waals surface area contributed by atoms with E-state index in [4.69, 9.17) is 4.74 Å². The Kier molecular flexibility index (Phi) is 5.34. The fourth-order valence-corrected chi connectivity index (χ4v) is 5.43. The van der Waals surface area contributed by atoms with Crippen LogP contribution in [-0.2, 0) is 22.6 Å². The van der Waals surface area contributed by atoms with E-state index in [0.717, 1.165) is 49.6 Å². The maximum Gasteiger partial charge on any atom is 0.126 e. The molecule has 0 spiro atoms. The van der Waals surface area contributed by atoms with Crippen molar-refractivity contribution in [1.82, 2.24) is 0 Å². The molecule has 1 saturated carbocycles. The lowest BCUT2D eigenvalue weighted by molar-refractivity contribution is -0.124. The van der Waals surface area contributed by atoms with Gasteiger partial charge in [-0.2, -0.15) is 0 Å². The molecule has 0 bridgehead atoms. The minimum Gasteiger partial charge on any atom is -0.489 e. The van der Waals surface area contributed by atoms with E-state index < -0.39 is 0 Å². The van der Waals surface area contributed by atoms with Gasteiger partial charge in [0.1, 0.15) is 24.9 Å². The van der Waals surface area contributed by atoms with Crippen LogP contribution < -0.4 is 4.74 Å². The van der Waals surface area contributed by atoms with Crippen LogP contribution in [0.2, 0.25) is 0 Å². The number of carbonyl (C=O) groups is 2. The van der Waals surface area contributed by atoms with Gasteiger partial charge in [0.25, 0.3) is 0 Å². The van der Waals surface area contributed by atoms with Crippen molar-refractivity contribution in [2.45, 2.75) is 51.6 Å². The Morgan fingerprint density at radius 2 is 1.93 bits per heavy atom. The van der Waals surface area contributed by atoms with E-state index in [-0.39, 0.29) is 11.3 Å². The Morgan fingerprint density at radius 3 is 2.68 bits per heavy atom. The van der Waals surface area contributed by atoms with Gasteiger partial charge in [-0.05, 0) is 72.3 Å². The summed E-state index contributed by atoms with van der Waals surface area (Å²) in [6.45, 7) is 2.62. The number of ether oxygens (including phenoxy) is 1. The van der Waals surface area contributed by atoms with Gasteiger partial charge in [0.2, 0.25) is 0 Å². The highest BCUT2D eigenvalue weighted by molar-refractivity contribution is 5.62. The van der Waals surface area contributed by atoms with E-state index in [2.05, 4.69) is 30.3 Å². The molecule has 4 rings (SSSR count). The first-order valence-electron chi connectivity index (χ1n) is 10.3. The molecule has 3 heteroatoms. The molecule has 0 heterocycles. The van der Waals surface area contributed by atoms with Crippen molar-refractivity contribution in [3.8, 4) is 5.75 Å². The van der Waals surface area contributed by atoms with Crippen LogP contribution in [0.3, 0.4) is 0 Å². The van der Waals surface area contributed by atoms with E-state index in [1.54, 1.807) is 0 Å². The molecule has 2 aliphatic carbocycles. The number of hydrogen-bond acceptors (Lipinski definition) is 3. The van der Waals surface area contributed by atoms with E-state index >= 15 is 0 Å². The molecule has 0 saturated heterocycles. The van der Waals surface area contributed by atoms with Crippen LogP contribution in [0.4, 0.5) is 0 Å². The predicted molar refractivity (Wildman–Crippen MR) is 109 cm³/mol. The number of benzene rings is 2. The van der Waals surface area contributed by atoms with Crippen LogP contribution >= 0.6 is 0 Å². The Hall–Kier alpha value is -2.42. The molecule has 2 aromatic carbocycles. The molecule has 2 aliphatic rings. The minimum absolute atomic E-state index is 0.156. The van der Waals surface area contributed by atoms with Gasteiger partial charge in [0.15, 0.2) is 0 Å². The topological polar surface area (TPSA) is 43.4 Å². The summed E-state index contributed by atoms with van der Waals surface area (Å²) in [4.78, 5) is 23.1. The molecular weight excluding hydrogens is 348 g/mol. The minimum atomic E-state index is -0.363. The maximum absolute atomic E-state index is 11.8. The third kappa shape index (κ3) is 3.50. The molecule has 2 aromatic rings. The van der Waals surface area contributed by atoms with Gasteiger partial charge in [-0.1, -0.05) is 43.3 Å². The van der Waals surface area contributed by atoms with Crippen LogP contribution in [0.15, 0.2) is 48.5 Å². The quantitative estimate of drug-likeness (QED) is 0.658. The molecule has 146 valence electrons. The lowest BCUT2D eigenvalue weighted by Crippen LogP contribution is -2.43. The second-order valence-electron chi connectivity index (χ2n) is 8.62. The highest BCUT2D eigenvalue weighted by Gasteiger charge is 2.47. The molecule has 0 radical (unpaired) electrons. The maximum atomic E-state index is 11.8. The zero-order valence-corrected chi connectivity index (χ0v) is 16.5. The monoisotopic (exact) mass is 376 g/mol. The summed E-state index contributed by atoms with van der Waals surface area (Å²) in [5.74, 6) is 1.94. The number of rotatable bonds is 6. The molecule has 3 nitrogen and oxygen atoms in total. The molecule has 1 fully saturated rings. The van der Waals surface area contributed by atoms with Gasteiger partial charge in [0, 0.05) is 11.8 Å². The summed E-state index contributed by atoms with van der Waals surface area (Å²) in [6, 6.07) is 16.7. The fraction of sp³-hybridized carbons (Fsp3) is 0.440. The van der Waals surface area contributed by atoms with Crippen molar-refractivity contribution in [2.75, 3.05) is 0 Å². The average molecular weight is 376 g/mol. The summed E-state index contributed by atoms with van der Waals surface area (Å²) in [6.07, 6.45) is 6.52. The van der Waals surface area contributed by atoms with Crippen LogP contribution in [-0.4, -0.2) is 12.6 Å². The van der Waals surface area contributed by atoms with Crippen LogP contribution in [0, 0.1) is 17.3 Å². The Labute approximate surface area is 167 Å². The van der Waals surface area contributed by atoms with Crippen molar-refractivity contribution in [1.29, 1.82) is 0 Å². The largest absolute Gasteiger partial charge is 0.489 e.